The van der Waals surface area contributed by atoms with E-state index >= 15 is 0 Å². The SMILES string of the molecule is c1cnc2ccc3nncc-3cc2c1. The Hall–Kier alpha value is -2.03. The first-order chi connectivity index (χ1) is 6.93. The molecule has 2 aliphatic rings. The van der Waals surface area contributed by atoms with E-state index in [9.17, 15) is 0 Å². The molecule has 3 rings (SSSR count). The highest BCUT2D eigenvalue weighted by molar-refractivity contribution is 5.82. The molecule has 2 heterocycles. The van der Waals surface area contributed by atoms with Gasteiger partial charge in [0, 0.05) is 17.1 Å². The van der Waals surface area contributed by atoms with Gasteiger partial charge < -0.3 is 0 Å². The van der Waals surface area contributed by atoms with Crippen molar-refractivity contribution in [3.63, 3.8) is 0 Å². The van der Waals surface area contributed by atoms with Crippen LogP contribution in [0.1, 0.15) is 0 Å². The van der Waals surface area contributed by atoms with Crippen molar-refractivity contribution in [1.82, 2.24) is 15.2 Å². The maximum absolute atomic E-state index is 4.28. The number of nitrogens with zero attached hydrogens (tertiary/aromatic N) is 3. The van der Waals surface area contributed by atoms with Crippen molar-refractivity contribution in [1.29, 1.82) is 0 Å². The van der Waals surface area contributed by atoms with Crippen LogP contribution in [0.5, 0.6) is 0 Å². The lowest BCUT2D eigenvalue weighted by Crippen LogP contribution is -1.70. The highest BCUT2D eigenvalue weighted by Crippen LogP contribution is 2.21. The van der Waals surface area contributed by atoms with Crippen LogP contribution in [-0.4, -0.2) is 15.2 Å². The second-order valence-electron chi connectivity index (χ2n) is 3.14. The molecule has 1 aliphatic carbocycles. The predicted octanol–water partition coefficient (Wildman–Crippen LogP) is 2.13. The summed E-state index contributed by atoms with van der Waals surface area (Å²) in [6.07, 6.45) is 3.56. The number of hydrogen-bond donors (Lipinski definition) is 0. The molecular weight excluding hydrogens is 174 g/mol. The summed E-state index contributed by atoms with van der Waals surface area (Å²) in [5.74, 6) is 0. The van der Waals surface area contributed by atoms with Gasteiger partial charge in [-0.15, -0.1) is 0 Å². The Morgan fingerprint density at radius 1 is 1.07 bits per heavy atom. The molecule has 0 spiro atoms. The molecule has 0 radical (unpaired) electrons. The number of hydrogen-bond acceptors (Lipinski definition) is 3. The first-order valence-electron chi connectivity index (χ1n) is 4.40. The average Bonchev–Trinajstić information content (AvgIpc) is 2.58. The minimum Gasteiger partial charge on any atom is -0.256 e. The molecule has 1 aromatic heterocycles. The van der Waals surface area contributed by atoms with Crippen LogP contribution in [0.3, 0.4) is 0 Å². The van der Waals surface area contributed by atoms with Gasteiger partial charge in [0.1, 0.15) is 0 Å². The van der Waals surface area contributed by atoms with Gasteiger partial charge in [-0.25, -0.2) is 0 Å². The normalized spacial score (nSPS) is 10.9. The summed E-state index contributed by atoms with van der Waals surface area (Å²) in [6.45, 7) is 0. The third-order valence-electron chi connectivity index (χ3n) is 2.24. The van der Waals surface area contributed by atoms with Crippen LogP contribution in [-0.2, 0) is 0 Å². The van der Waals surface area contributed by atoms with Gasteiger partial charge in [0.05, 0.1) is 17.4 Å². The van der Waals surface area contributed by atoms with E-state index in [1.54, 1.807) is 12.4 Å². The smallest absolute Gasteiger partial charge is 0.0946 e. The number of aromatic nitrogens is 3. The summed E-state index contributed by atoms with van der Waals surface area (Å²) in [4.78, 5) is 4.28. The third-order valence-corrected chi connectivity index (χ3v) is 2.24. The Balaban J connectivity index is 2.48. The minimum absolute atomic E-state index is 0.906. The number of rotatable bonds is 0. The predicted molar refractivity (Wildman–Crippen MR) is 54.0 cm³/mol. The van der Waals surface area contributed by atoms with Gasteiger partial charge in [-0.3, -0.25) is 4.98 Å². The van der Waals surface area contributed by atoms with Gasteiger partial charge in [-0.2, -0.15) is 10.2 Å². The lowest BCUT2D eigenvalue weighted by Gasteiger charge is -1.88. The van der Waals surface area contributed by atoms with E-state index in [0.717, 1.165) is 22.2 Å². The highest BCUT2D eigenvalue weighted by atomic mass is 15.1. The average molecular weight is 181 g/mol. The van der Waals surface area contributed by atoms with Crippen LogP contribution in [0, 0.1) is 0 Å². The molecule has 14 heavy (non-hydrogen) atoms. The molecule has 0 N–H and O–H groups in total. The summed E-state index contributed by atoms with van der Waals surface area (Å²) in [6, 6.07) is 9.93. The summed E-state index contributed by atoms with van der Waals surface area (Å²) in [7, 11) is 0. The Bertz CT molecular complexity index is 562. The molecule has 3 nitrogen and oxygen atoms in total. The summed E-state index contributed by atoms with van der Waals surface area (Å²) >= 11 is 0. The van der Waals surface area contributed by atoms with E-state index in [4.69, 9.17) is 0 Å². The van der Waals surface area contributed by atoms with Crippen molar-refractivity contribution in [3.05, 3.63) is 42.7 Å². The van der Waals surface area contributed by atoms with E-state index in [1.807, 2.05) is 24.3 Å². The Labute approximate surface area is 80.8 Å². The zero-order valence-electron chi connectivity index (χ0n) is 7.38. The van der Waals surface area contributed by atoms with Gasteiger partial charge in [0.25, 0.3) is 0 Å². The molecule has 0 amide bonds. The maximum Gasteiger partial charge on any atom is 0.0946 e. The molecule has 1 aliphatic heterocycles. The van der Waals surface area contributed by atoms with E-state index in [1.165, 1.54) is 0 Å². The van der Waals surface area contributed by atoms with E-state index in [-0.39, 0.29) is 0 Å². The van der Waals surface area contributed by atoms with E-state index in [2.05, 4.69) is 21.2 Å². The first-order valence-corrected chi connectivity index (χ1v) is 4.40. The van der Waals surface area contributed by atoms with Crippen LogP contribution in [0.25, 0.3) is 22.2 Å². The molecule has 0 atom stereocenters. The van der Waals surface area contributed by atoms with Crippen molar-refractivity contribution in [2.24, 2.45) is 0 Å². The second-order valence-corrected chi connectivity index (χ2v) is 3.14. The second kappa shape index (κ2) is 2.73. The zero-order chi connectivity index (χ0) is 9.38. The molecule has 0 unspecified atom stereocenters. The Kier molecular flexibility index (Phi) is 1.44. The van der Waals surface area contributed by atoms with Crippen LogP contribution in [0.15, 0.2) is 42.7 Å². The zero-order valence-corrected chi connectivity index (χ0v) is 7.38. The van der Waals surface area contributed by atoms with Crippen molar-refractivity contribution in [2.45, 2.75) is 0 Å². The van der Waals surface area contributed by atoms with Crippen LogP contribution in [0.4, 0.5) is 0 Å². The lowest BCUT2D eigenvalue weighted by molar-refractivity contribution is 1.10. The van der Waals surface area contributed by atoms with Crippen molar-refractivity contribution in [2.75, 3.05) is 0 Å². The minimum atomic E-state index is 0.906. The van der Waals surface area contributed by atoms with Crippen LogP contribution < -0.4 is 0 Å². The first kappa shape index (κ1) is 7.38. The molecule has 0 fully saturated rings. The van der Waals surface area contributed by atoms with Gasteiger partial charge in [0.15, 0.2) is 0 Å². The highest BCUT2D eigenvalue weighted by Gasteiger charge is 2.03. The largest absolute Gasteiger partial charge is 0.256 e. The molecule has 66 valence electrons. The lowest BCUT2D eigenvalue weighted by atomic mass is 10.2. The fraction of sp³-hybridized carbons (Fsp3) is 0. The molecule has 0 aromatic carbocycles. The van der Waals surface area contributed by atoms with E-state index in [0.29, 0.717) is 0 Å². The van der Waals surface area contributed by atoms with Crippen molar-refractivity contribution in [3.8, 4) is 11.3 Å². The molecule has 0 saturated carbocycles. The Morgan fingerprint density at radius 2 is 2.07 bits per heavy atom. The van der Waals surface area contributed by atoms with Gasteiger partial charge in [-0.1, -0.05) is 6.07 Å². The van der Waals surface area contributed by atoms with Crippen LogP contribution in [0.2, 0.25) is 0 Å². The van der Waals surface area contributed by atoms with Gasteiger partial charge in [-0.05, 0) is 24.3 Å². The van der Waals surface area contributed by atoms with E-state index < -0.39 is 0 Å². The quantitative estimate of drug-likeness (QED) is 0.533. The standard InChI is InChI=1S/C11H7N3/c1-2-8-6-9-7-13-14-11(9)4-3-10(8)12-5-1/h1-7H. The summed E-state index contributed by atoms with van der Waals surface area (Å²) in [5, 5.41) is 8.98. The molecule has 3 heteroatoms. The summed E-state index contributed by atoms with van der Waals surface area (Å²) < 4.78 is 0. The molecular formula is C11H7N3. The maximum atomic E-state index is 4.28. The van der Waals surface area contributed by atoms with Crippen LogP contribution >= 0.6 is 0 Å². The summed E-state index contributed by atoms with van der Waals surface area (Å²) in [5.41, 5.74) is 2.93. The molecule has 0 bridgehead atoms. The fourth-order valence-corrected chi connectivity index (χ4v) is 1.53. The molecule has 1 aromatic rings. The van der Waals surface area contributed by atoms with Crippen molar-refractivity contribution >= 4 is 10.9 Å². The fourth-order valence-electron chi connectivity index (χ4n) is 1.53. The molecule has 0 saturated heterocycles. The Morgan fingerprint density at radius 3 is 3.07 bits per heavy atom. The monoisotopic (exact) mass is 181 g/mol. The number of fused-ring (bicyclic) bond motifs is 2. The van der Waals surface area contributed by atoms with Gasteiger partial charge >= 0.3 is 0 Å². The van der Waals surface area contributed by atoms with Gasteiger partial charge in [0.2, 0.25) is 0 Å². The third kappa shape index (κ3) is 1.03. The number of pyridine rings is 1. The topological polar surface area (TPSA) is 38.7 Å². The van der Waals surface area contributed by atoms with Crippen molar-refractivity contribution < 1.29 is 0 Å².